The zero-order chi connectivity index (χ0) is 15.9. The third kappa shape index (κ3) is 2.79. The molecule has 0 unspecified atom stereocenters. The van der Waals surface area contributed by atoms with Crippen LogP contribution in [0.3, 0.4) is 0 Å². The number of carbonyl (C=O) groups excluding carboxylic acids is 1. The lowest BCUT2D eigenvalue weighted by Crippen LogP contribution is -2.22. The molecule has 3 rings (SSSR count). The van der Waals surface area contributed by atoms with Gasteiger partial charge in [-0.3, -0.25) is 4.79 Å². The van der Waals surface area contributed by atoms with Gasteiger partial charge in [0.1, 0.15) is 6.29 Å². The number of aldehydes is 1. The average molecular weight is 333 g/mol. The Morgan fingerprint density at radius 2 is 1.91 bits per heavy atom. The average Bonchev–Trinajstić information content (AvgIpc) is 2.85. The highest BCUT2D eigenvalue weighted by Gasteiger charge is 2.33. The van der Waals surface area contributed by atoms with Crippen LogP contribution in [0.25, 0.3) is 0 Å². The number of H-pyrrole nitrogens is 1. The van der Waals surface area contributed by atoms with Crippen LogP contribution in [0.5, 0.6) is 0 Å². The zero-order valence-electron chi connectivity index (χ0n) is 12.9. The lowest BCUT2D eigenvalue weighted by atomic mass is 9.82. The van der Waals surface area contributed by atoms with E-state index in [9.17, 15) is 9.59 Å². The smallest absolute Gasteiger partial charge is 0.305 e. The molecule has 0 amide bonds. The fourth-order valence-corrected chi connectivity index (χ4v) is 5.18. The molecule has 0 spiro atoms. The van der Waals surface area contributed by atoms with Gasteiger partial charge in [-0.25, -0.2) is 0 Å². The standard InChI is InChI=1S/C17H19NO2S2/c1-17(2,3)12-6-4-10(5-7-12)13-11(8-19)9-21-15-14(13)22-16(20)18-15/h4-8,11,13H,9H2,1-3H3,(H,18,20)/t11-,13+/m1/s1. The molecule has 5 heteroatoms. The van der Waals surface area contributed by atoms with Gasteiger partial charge < -0.3 is 9.78 Å². The van der Waals surface area contributed by atoms with Crippen molar-refractivity contribution in [3.8, 4) is 0 Å². The molecule has 2 atom stereocenters. The molecule has 0 saturated heterocycles. The van der Waals surface area contributed by atoms with Gasteiger partial charge in [-0.2, -0.15) is 0 Å². The minimum Gasteiger partial charge on any atom is -0.307 e. The van der Waals surface area contributed by atoms with E-state index in [0.29, 0.717) is 0 Å². The van der Waals surface area contributed by atoms with Gasteiger partial charge in [0.25, 0.3) is 0 Å². The predicted octanol–water partition coefficient (Wildman–Crippen LogP) is 3.79. The van der Waals surface area contributed by atoms with Crippen molar-refractivity contribution < 1.29 is 4.79 Å². The van der Waals surface area contributed by atoms with Crippen LogP contribution < -0.4 is 4.87 Å². The Morgan fingerprint density at radius 1 is 1.23 bits per heavy atom. The minimum atomic E-state index is -0.0792. The third-order valence-electron chi connectivity index (χ3n) is 4.08. The van der Waals surface area contributed by atoms with Crippen LogP contribution in [0, 0.1) is 5.92 Å². The molecular weight excluding hydrogens is 314 g/mol. The van der Waals surface area contributed by atoms with E-state index >= 15 is 0 Å². The SMILES string of the molecule is CC(C)(C)c1ccc([C@@H]2c3sc(=O)[nH]c3SC[C@H]2C=O)cc1. The lowest BCUT2D eigenvalue weighted by molar-refractivity contribution is -0.110. The number of nitrogens with one attached hydrogen (secondary N) is 1. The minimum absolute atomic E-state index is 0.00767. The van der Waals surface area contributed by atoms with E-state index in [2.05, 4.69) is 50.0 Å². The quantitative estimate of drug-likeness (QED) is 0.851. The maximum absolute atomic E-state index is 11.7. The van der Waals surface area contributed by atoms with Crippen LogP contribution in [-0.2, 0) is 10.2 Å². The first kappa shape index (κ1) is 15.6. The molecule has 1 aliphatic heterocycles. The van der Waals surface area contributed by atoms with E-state index in [1.165, 1.54) is 16.9 Å². The highest BCUT2D eigenvalue weighted by Crippen LogP contribution is 2.44. The summed E-state index contributed by atoms with van der Waals surface area (Å²) in [5.74, 6) is 0.630. The molecule has 3 nitrogen and oxygen atoms in total. The Morgan fingerprint density at radius 3 is 2.50 bits per heavy atom. The molecule has 0 fully saturated rings. The summed E-state index contributed by atoms with van der Waals surface area (Å²) in [6.07, 6.45) is 1.03. The Kier molecular flexibility index (Phi) is 4.03. The summed E-state index contributed by atoms with van der Waals surface area (Å²) in [5, 5.41) is 0.929. The molecule has 22 heavy (non-hydrogen) atoms. The van der Waals surface area contributed by atoms with Crippen molar-refractivity contribution in [2.75, 3.05) is 5.75 Å². The number of hydrogen-bond donors (Lipinski definition) is 1. The van der Waals surface area contributed by atoms with Crippen LogP contribution >= 0.6 is 23.1 Å². The maximum Gasteiger partial charge on any atom is 0.305 e. The first-order valence-corrected chi connectivity index (χ1v) is 9.12. The Bertz CT molecular complexity index is 737. The van der Waals surface area contributed by atoms with Gasteiger partial charge in [0, 0.05) is 22.5 Å². The highest BCUT2D eigenvalue weighted by atomic mass is 32.2. The van der Waals surface area contributed by atoms with Gasteiger partial charge >= 0.3 is 4.87 Å². The molecule has 0 bridgehead atoms. The molecule has 1 aromatic carbocycles. The molecule has 1 aromatic heterocycles. The van der Waals surface area contributed by atoms with Crippen molar-refractivity contribution in [3.05, 3.63) is 49.9 Å². The highest BCUT2D eigenvalue weighted by molar-refractivity contribution is 7.99. The number of carbonyl (C=O) groups is 1. The van der Waals surface area contributed by atoms with Crippen molar-refractivity contribution in [1.82, 2.24) is 4.98 Å². The van der Waals surface area contributed by atoms with Crippen molar-refractivity contribution >= 4 is 29.4 Å². The monoisotopic (exact) mass is 333 g/mol. The molecular formula is C17H19NO2S2. The fourth-order valence-electron chi connectivity index (χ4n) is 2.82. The first-order chi connectivity index (χ1) is 10.4. The molecule has 0 radical (unpaired) electrons. The lowest BCUT2D eigenvalue weighted by Gasteiger charge is -2.28. The van der Waals surface area contributed by atoms with E-state index in [1.54, 1.807) is 11.8 Å². The largest absolute Gasteiger partial charge is 0.307 e. The number of fused-ring (bicyclic) bond motifs is 1. The fraction of sp³-hybridized carbons (Fsp3) is 0.412. The molecule has 116 valence electrons. The number of rotatable bonds is 2. The zero-order valence-corrected chi connectivity index (χ0v) is 14.5. The van der Waals surface area contributed by atoms with Crippen molar-refractivity contribution in [1.29, 1.82) is 0 Å². The van der Waals surface area contributed by atoms with Crippen molar-refractivity contribution in [3.63, 3.8) is 0 Å². The van der Waals surface area contributed by atoms with E-state index in [0.717, 1.165) is 27.5 Å². The molecule has 1 N–H and O–H groups in total. The van der Waals surface area contributed by atoms with Gasteiger partial charge in [0.15, 0.2) is 0 Å². The second kappa shape index (κ2) is 5.70. The van der Waals surface area contributed by atoms with E-state index in [-0.39, 0.29) is 22.1 Å². The van der Waals surface area contributed by atoms with Crippen molar-refractivity contribution in [2.45, 2.75) is 37.1 Å². The summed E-state index contributed by atoms with van der Waals surface area (Å²) in [7, 11) is 0. The molecule has 0 aliphatic carbocycles. The van der Waals surface area contributed by atoms with Crippen LogP contribution in [0.4, 0.5) is 0 Å². The number of thiazole rings is 1. The van der Waals surface area contributed by atoms with Gasteiger partial charge in [0.2, 0.25) is 0 Å². The second-order valence-corrected chi connectivity index (χ2v) is 8.71. The number of aromatic nitrogens is 1. The summed E-state index contributed by atoms with van der Waals surface area (Å²) in [6.45, 7) is 6.55. The van der Waals surface area contributed by atoms with Gasteiger partial charge in [-0.1, -0.05) is 56.4 Å². The Hall–Kier alpha value is -1.33. The normalized spacial score (nSPS) is 21.4. The summed E-state index contributed by atoms with van der Waals surface area (Å²) >= 11 is 2.80. The first-order valence-electron chi connectivity index (χ1n) is 7.31. The van der Waals surface area contributed by atoms with Crippen LogP contribution in [0.15, 0.2) is 34.1 Å². The molecule has 2 aromatic rings. The summed E-state index contributed by atoms with van der Waals surface area (Å²) < 4.78 is 0. The summed E-state index contributed by atoms with van der Waals surface area (Å²) in [6, 6.07) is 8.47. The summed E-state index contributed by atoms with van der Waals surface area (Å²) in [5.41, 5.74) is 2.49. The maximum atomic E-state index is 11.7. The van der Waals surface area contributed by atoms with E-state index < -0.39 is 0 Å². The number of hydrogen-bond acceptors (Lipinski definition) is 4. The van der Waals surface area contributed by atoms with Gasteiger partial charge in [-0.05, 0) is 16.5 Å². The van der Waals surface area contributed by atoms with Crippen LogP contribution in [-0.4, -0.2) is 17.0 Å². The number of benzene rings is 1. The van der Waals surface area contributed by atoms with Crippen LogP contribution in [0.2, 0.25) is 0 Å². The van der Waals surface area contributed by atoms with E-state index in [4.69, 9.17) is 0 Å². The number of aromatic amines is 1. The molecule has 2 heterocycles. The topological polar surface area (TPSA) is 49.9 Å². The summed E-state index contributed by atoms with van der Waals surface area (Å²) in [4.78, 5) is 27.0. The van der Waals surface area contributed by atoms with Crippen molar-refractivity contribution in [2.24, 2.45) is 5.92 Å². The van der Waals surface area contributed by atoms with Crippen LogP contribution in [0.1, 0.15) is 42.7 Å². The van der Waals surface area contributed by atoms with E-state index in [1.807, 2.05) is 0 Å². The second-order valence-electron chi connectivity index (χ2n) is 6.67. The molecule has 1 aliphatic rings. The molecule has 0 saturated carbocycles. The Balaban J connectivity index is 2.04. The third-order valence-corrected chi connectivity index (χ3v) is 6.34. The Labute approximate surface area is 138 Å². The number of thioether (sulfide) groups is 1. The van der Waals surface area contributed by atoms with Gasteiger partial charge in [-0.15, -0.1) is 11.8 Å². The van der Waals surface area contributed by atoms with Gasteiger partial charge in [0.05, 0.1) is 5.03 Å². The predicted molar refractivity (Wildman–Crippen MR) is 92.2 cm³/mol.